The van der Waals surface area contributed by atoms with Crippen LogP contribution in [0.4, 0.5) is 0 Å². The number of Topliss-reactive ketones (excluding diaryl/α,β-unsaturated/α-hetero) is 1. The third-order valence-corrected chi connectivity index (χ3v) is 6.68. The van der Waals surface area contributed by atoms with Gasteiger partial charge in [-0.3, -0.25) is 28.8 Å². The summed E-state index contributed by atoms with van der Waals surface area (Å²) in [6, 6.07) is 7.52. The average molecular weight is 637 g/mol. The van der Waals surface area contributed by atoms with Crippen LogP contribution in [0.25, 0.3) is 0 Å². The van der Waals surface area contributed by atoms with Crippen LogP contribution in [0.3, 0.4) is 0 Å². The molecule has 1 aliphatic rings. The van der Waals surface area contributed by atoms with Gasteiger partial charge < -0.3 is 40.8 Å². The topological polar surface area (TPSA) is 240 Å². The summed E-state index contributed by atoms with van der Waals surface area (Å²) in [7, 11) is 0. The SMILES string of the molecule is O=C(CCC(=O)C(Cc1ccccc1)NC(=O)CC(=O)N(CC(=O)ON1C(=O)CCC1=O)CC(O)CCO)NCC(O)CCO. The van der Waals surface area contributed by atoms with Crippen molar-refractivity contribution in [2.75, 3.05) is 32.8 Å². The minimum absolute atomic E-state index is 0.0413. The molecule has 248 valence electrons. The summed E-state index contributed by atoms with van der Waals surface area (Å²) in [5, 5.41) is 43.0. The molecule has 1 aliphatic heterocycles. The number of rotatable bonds is 20. The second-order valence-corrected chi connectivity index (χ2v) is 10.4. The van der Waals surface area contributed by atoms with Crippen molar-refractivity contribution in [1.82, 2.24) is 20.6 Å². The van der Waals surface area contributed by atoms with E-state index in [1.807, 2.05) is 0 Å². The molecule has 0 spiro atoms. The Balaban J connectivity index is 2.06. The number of benzene rings is 1. The molecular formula is C29H40N4O12. The maximum absolute atomic E-state index is 13.1. The largest absolute Gasteiger partial charge is 0.396 e. The van der Waals surface area contributed by atoms with Crippen molar-refractivity contribution >= 4 is 41.3 Å². The molecule has 0 radical (unpaired) electrons. The van der Waals surface area contributed by atoms with Crippen LogP contribution in [0, 0.1) is 0 Å². The van der Waals surface area contributed by atoms with Gasteiger partial charge in [-0.1, -0.05) is 30.3 Å². The van der Waals surface area contributed by atoms with Crippen molar-refractivity contribution in [3.8, 4) is 0 Å². The molecule has 1 aromatic rings. The van der Waals surface area contributed by atoms with Crippen LogP contribution in [0.5, 0.6) is 0 Å². The van der Waals surface area contributed by atoms with Crippen molar-refractivity contribution in [2.45, 2.75) is 69.6 Å². The Hall–Kier alpha value is -4.25. The number of carbonyl (C=O) groups excluding carboxylic acids is 7. The Morgan fingerprint density at radius 1 is 0.889 bits per heavy atom. The number of aliphatic hydroxyl groups is 4. The Kier molecular flexibility index (Phi) is 15.8. The fourth-order valence-electron chi connectivity index (χ4n) is 4.27. The summed E-state index contributed by atoms with van der Waals surface area (Å²) in [6.07, 6.45) is -3.95. The predicted molar refractivity (Wildman–Crippen MR) is 153 cm³/mol. The zero-order valence-corrected chi connectivity index (χ0v) is 24.8. The normalized spacial score (nSPS) is 14.8. The highest BCUT2D eigenvalue weighted by Crippen LogP contribution is 2.13. The summed E-state index contributed by atoms with van der Waals surface area (Å²) < 4.78 is 0. The monoisotopic (exact) mass is 636 g/mol. The van der Waals surface area contributed by atoms with E-state index in [0.29, 0.717) is 10.6 Å². The number of carbonyl (C=O) groups is 7. The summed E-state index contributed by atoms with van der Waals surface area (Å²) in [5.74, 6) is -5.54. The van der Waals surface area contributed by atoms with Gasteiger partial charge in [0.15, 0.2) is 5.78 Å². The number of amides is 5. The second-order valence-electron chi connectivity index (χ2n) is 10.4. The number of hydroxylamine groups is 2. The molecule has 5 amide bonds. The van der Waals surface area contributed by atoms with E-state index in [1.54, 1.807) is 30.3 Å². The standard InChI is InChI=1S/C29H40N4O12/c34-12-10-20(36)16-30-24(39)7-6-23(38)22(14-19-4-2-1-3-5-19)31-25(40)15-28(43)32(17-21(37)11-13-35)18-29(44)45-33-26(41)8-9-27(33)42/h1-5,20-22,34-37H,6-18H2,(H,30,39)(H,31,40). The Morgan fingerprint density at radius 2 is 1.51 bits per heavy atom. The minimum Gasteiger partial charge on any atom is -0.396 e. The maximum Gasteiger partial charge on any atom is 0.352 e. The molecule has 0 aliphatic carbocycles. The first kappa shape index (κ1) is 36.9. The van der Waals surface area contributed by atoms with Gasteiger partial charge in [-0.15, -0.1) is 5.06 Å². The fraction of sp³-hybridized carbons (Fsp3) is 0.552. The van der Waals surface area contributed by atoms with E-state index in [0.717, 1.165) is 4.90 Å². The quantitative estimate of drug-likeness (QED) is 0.0643. The van der Waals surface area contributed by atoms with Gasteiger partial charge in [-0.05, 0) is 24.8 Å². The van der Waals surface area contributed by atoms with E-state index in [4.69, 9.17) is 15.1 Å². The lowest BCUT2D eigenvalue weighted by Crippen LogP contribution is -2.47. The molecule has 3 unspecified atom stereocenters. The smallest absolute Gasteiger partial charge is 0.352 e. The van der Waals surface area contributed by atoms with Crippen molar-refractivity contribution in [3.63, 3.8) is 0 Å². The second kappa shape index (κ2) is 19.2. The van der Waals surface area contributed by atoms with Gasteiger partial charge in [0.25, 0.3) is 11.8 Å². The van der Waals surface area contributed by atoms with E-state index in [1.165, 1.54) is 0 Å². The number of hydrogen-bond donors (Lipinski definition) is 6. The molecule has 1 saturated heterocycles. The molecule has 16 heteroatoms. The molecule has 0 aromatic heterocycles. The van der Waals surface area contributed by atoms with Crippen LogP contribution in [0.2, 0.25) is 0 Å². The van der Waals surface area contributed by atoms with E-state index < -0.39 is 85.7 Å². The van der Waals surface area contributed by atoms with E-state index in [-0.39, 0.29) is 58.1 Å². The van der Waals surface area contributed by atoms with E-state index >= 15 is 0 Å². The maximum atomic E-state index is 13.1. The first-order valence-corrected chi connectivity index (χ1v) is 14.5. The number of nitrogens with zero attached hydrogens (tertiary/aromatic N) is 2. The predicted octanol–water partition coefficient (Wildman–Crippen LogP) is -2.51. The van der Waals surface area contributed by atoms with Gasteiger partial charge >= 0.3 is 5.97 Å². The highest BCUT2D eigenvalue weighted by molar-refractivity contribution is 6.02. The van der Waals surface area contributed by atoms with Crippen molar-refractivity contribution in [3.05, 3.63) is 35.9 Å². The lowest BCUT2D eigenvalue weighted by Gasteiger charge is -2.25. The summed E-state index contributed by atoms with van der Waals surface area (Å²) in [6.45, 7) is -2.13. The van der Waals surface area contributed by atoms with Crippen LogP contribution in [0.15, 0.2) is 30.3 Å². The molecule has 1 aromatic carbocycles. The Labute approximate surface area is 259 Å². The average Bonchev–Trinajstić information content (AvgIpc) is 3.30. The third kappa shape index (κ3) is 13.5. The highest BCUT2D eigenvalue weighted by Gasteiger charge is 2.34. The van der Waals surface area contributed by atoms with Crippen molar-refractivity contribution in [2.24, 2.45) is 0 Å². The Morgan fingerprint density at radius 3 is 2.13 bits per heavy atom. The molecule has 0 saturated carbocycles. The third-order valence-electron chi connectivity index (χ3n) is 6.68. The summed E-state index contributed by atoms with van der Waals surface area (Å²) in [5.41, 5.74) is 0.682. The molecule has 2 rings (SSSR count). The molecule has 6 N–H and O–H groups in total. The number of aliphatic hydroxyl groups excluding tert-OH is 4. The molecule has 45 heavy (non-hydrogen) atoms. The van der Waals surface area contributed by atoms with Crippen molar-refractivity contribution in [1.29, 1.82) is 0 Å². The van der Waals surface area contributed by atoms with E-state index in [2.05, 4.69) is 10.6 Å². The Bertz CT molecular complexity index is 1180. The van der Waals surface area contributed by atoms with Gasteiger partial charge in [-0.2, -0.15) is 0 Å². The molecule has 1 fully saturated rings. The van der Waals surface area contributed by atoms with Crippen LogP contribution >= 0.6 is 0 Å². The van der Waals surface area contributed by atoms with Gasteiger partial charge in [0.05, 0.1) is 18.2 Å². The molecular weight excluding hydrogens is 596 g/mol. The molecule has 0 bridgehead atoms. The van der Waals surface area contributed by atoms with Gasteiger partial charge in [0, 0.05) is 52.0 Å². The number of ketones is 1. The first-order chi connectivity index (χ1) is 21.4. The van der Waals surface area contributed by atoms with Crippen molar-refractivity contribution < 1.29 is 58.8 Å². The van der Waals surface area contributed by atoms with Crippen LogP contribution in [0.1, 0.15) is 50.5 Å². The molecule has 3 atom stereocenters. The molecule has 1 heterocycles. The summed E-state index contributed by atoms with van der Waals surface area (Å²) in [4.78, 5) is 92.8. The fourth-order valence-corrected chi connectivity index (χ4v) is 4.27. The molecule has 16 nitrogen and oxygen atoms in total. The number of nitrogens with one attached hydrogen (secondary N) is 2. The van der Waals surface area contributed by atoms with Gasteiger partial charge in [-0.25, -0.2) is 4.79 Å². The lowest BCUT2D eigenvalue weighted by molar-refractivity contribution is -0.198. The zero-order valence-electron chi connectivity index (χ0n) is 24.8. The minimum atomic E-state index is -1.28. The lowest BCUT2D eigenvalue weighted by atomic mass is 9.99. The zero-order chi connectivity index (χ0) is 33.4. The summed E-state index contributed by atoms with van der Waals surface area (Å²) >= 11 is 0. The number of imide groups is 1. The van der Waals surface area contributed by atoms with Crippen LogP contribution in [-0.2, 0) is 44.8 Å². The van der Waals surface area contributed by atoms with Gasteiger partial charge in [0.1, 0.15) is 13.0 Å². The van der Waals surface area contributed by atoms with Gasteiger partial charge in [0.2, 0.25) is 17.7 Å². The first-order valence-electron chi connectivity index (χ1n) is 14.5. The van der Waals surface area contributed by atoms with Crippen LogP contribution < -0.4 is 10.6 Å². The van der Waals surface area contributed by atoms with E-state index in [9.17, 15) is 43.8 Å². The van der Waals surface area contributed by atoms with Crippen LogP contribution in [-0.4, -0.2) is 123 Å². The number of hydrogen-bond acceptors (Lipinski definition) is 12. The highest BCUT2D eigenvalue weighted by atomic mass is 16.7.